The molecular weight excluding hydrogens is 284 g/mol. The Labute approximate surface area is 130 Å². The number of terminal acetylenes is 1. The molecule has 1 unspecified atom stereocenters. The van der Waals surface area contributed by atoms with E-state index in [-0.39, 0.29) is 5.92 Å². The van der Waals surface area contributed by atoms with Gasteiger partial charge in [0.25, 0.3) is 0 Å². The molecule has 0 saturated heterocycles. The predicted molar refractivity (Wildman–Crippen MR) is 83.8 cm³/mol. The fraction of sp³-hybridized carbons (Fsp3) is 0.588. The van der Waals surface area contributed by atoms with E-state index in [1.165, 1.54) is 11.3 Å². The lowest BCUT2D eigenvalue weighted by Gasteiger charge is -2.37. The SMILES string of the molecule is C#CC(C)(C)OC(=O)C(O)(c1cccs1)C1CCCCC1. The van der Waals surface area contributed by atoms with Crippen LogP contribution in [0.5, 0.6) is 0 Å². The highest BCUT2D eigenvalue weighted by molar-refractivity contribution is 7.10. The number of esters is 1. The average molecular weight is 306 g/mol. The van der Waals surface area contributed by atoms with E-state index in [9.17, 15) is 9.90 Å². The van der Waals surface area contributed by atoms with Crippen LogP contribution >= 0.6 is 11.3 Å². The molecule has 0 spiro atoms. The van der Waals surface area contributed by atoms with Crippen molar-refractivity contribution < 1.29 is 14.6 Å². The zero-order valence-electron chi connectivity index (χ0n) is 12.6. The summed E-state index contributed by atoms with van der Waals surface area (Å²) in [6.07, 6.45) is 10.3. The van der Waals surface area contributed by atoms with Crippen LogP contribution < -0.4 is 0 Å². The summed E-state index contributed by atoms with van der Waals surface area (Å²) in [5.41, 5.74) is -2.60. The maximum absolute atomic E-state index is 12.7. The summed E-state index contributed by atoms with van der Waals surface area (Å²) in [5.74, 6) is 1.71. The van der Waals surface area contributed by atoms with Crippen LogP contribution in [0.4, 0.5) is 0 Å². The van der Waals surface area contributed by atoms with Crippen molar-refractivity contribution in [2.45, 2.75) is 57.2 Å². The smallest absolute Gasteiger partial charge is 0.345 e. The summed E-state index contributed by atoms with van der Waals surface area (Å²) in [6, 6.07) is 3.64. The van der Waals surface area contributed by atoms with Crippen molar-refractivity contribution >= 4 is 17.3 Å². The van der Waals surface area contributed by atoms with Crippen molar-refractivity contribution in [1.29, 1.82) is 0 Å². The molecule has 3 nitrogen and oxygen atoms in total. The third-order valence-corrected chi connectivity index (χ3v) is 5.09. The van der Waals surface area contributed by atoms with Crippen molar-refractivity contribution in [1.82, 2.24) is 0 Å². The molecular formula is C17H22O3S. The van der Waals surface area contributed by atoms with Gasteiger partial charge in [0, 0.05) is 10.8 Å². The molecule has 0 aromatic carbocycles. The number of carbonyl (C=O) groups is 1. The van der Waals surface area contributed by atoms with E-state index in [0.29, 0.717) is 4.88 Å². The van der Waals surface area contributed by atoms with Gasteiger partial charge in [-0.25, -0.2) is 4.79 Å². The second-order valence-electron chi connectivity index (χ2n) is 6.12. The van der Waals surface area contributed by atoms with Crippen molar-refractivity contribution in [3.8, 4) is 12.3 Å². The van der Waals surface area contributed by atoms with E-state index in [2.05, 4.69) is 5.92 Å². The minimum absolute atomic E-state index is 0.106. The lowest BCUT2D eigenvalue weighted by Crippen LogP contribution is -2.47. The summed E-state index contributed by atoms with van der Waals surface area (Å²) in [5, 5.41) is 13.1. The number of thiophene rings is 1. The second-order valence-corrected chi connectivity index (χ2v) is 7.07. The van der Waals surface area contributed by atoms with E-state index < -0.39 is 17.2 Å². The van der Waals surface area contributed by atoms with Crippen LogP contribution in [0, 0.1) is 18.3 Å². The fourth-order valence-electron chi connectivity index (χ4n) is 2.82. The van der Waals surface area contributed by atoms with Crippen molar-refractivity contribution in [2.75, 3.05) is 0 Å². The Morgan fingerprint density at radius 1 is 1.43 bits per heavy atom. The first-order chi connectivity index (χ1) is 9.90. The molecule has 0 aliphatic heterocycles. The Morgan fingerprint density at radius 2 is 2.10 bits per heavy atom. The second kappa shape index (κ2) is 6.21. The van der Waals surface area contributed by atoms with Gasteiger partial charge < -0.3 is 9.84 Å². The lowest BCUT2D eigenvalue weighted by atomic mass is 9.76. The Balaban J connectivity index is 2.32. The number of aliphatic hydroxyl groups is 1. The van der Waals surface area contributed by atoms with Crippen LogP contribution in [0.2, 0.25) is 0 Å². The van der Waals surface area contributed by atoms with Gasteiger partial charge in [0.15, 0.2) is 11.2 Å². The highest BCUT2D eigenvalue weighted by atomic mass is 32.1. The van der Waals surface area contributed by atoms with Crippen LogP contribution in [0.1, 0.15) is 50.8 Å². The number of ether oxygens (including phenoxy) is 1. The first-order valence-electron chi connectivity index (χ1n) is 7.37. The van der Waals surface area contributed by atoms with E-state index >= 15 is 0 Å². The van der Waals surface area contributed by atoms with Gasteiger partial charge >= 0.3 is 5.97 Å². The summed E-state index contributed by atoms with van der Waals surface area (Å²) in [7, 11) is 0. The molecule has 1 aromatic heterocycles. The van der Waals surface area contributed by atoms with E-state index in [1.54, 1.807) is 19.9 Å². The van der Waals surface area contributed by atoms with Gasteiger partial charge in [-0.15, -0.1) is 17.8 Å². The van der Waals surface area contributed by atoms with E-state index in [1.807, 2.05) is 11.4 Å². The molecule has 1 heterocycles. The van der Waals surface area contributed by atoms with Gasteiger partial charge in [-0.05, 0) is 38.1 Å². The number of carbonyl (C=O) groups excluding carboxylic acids is 1. The van der Waals surface area contributed by atoms with Crippen molar-refractivity contribution in [3.63, 3.8) is 0 Å². The minimum Gasteiger partial charge on any atom is -0.444 e. The summed E-state index contributed by atoms with van der Waals surface area (Å²) in [6.45, 7) is 3.31. The molecule has 0 bridgehead atoms. The van der Waals surface area contributed by atoms with Crippen molar-refractivity contribution in [2.24, 2.45) is 5.92 Å². The summed E-state index contributed by atoms with van der Waals surface area (Å²) >= 11 is 1.38. The molecule has 1 N–H and O–H groups in total. The van der Waals surface area contributed by atoms with Crippen LogP contribution in [-0.2, 0) is 15.1 Å². The maximum Gasteiger partial charge on any atom is 0.345 e. The highest BCUT2D eigenvalue weighted by Crippen LogP contribution is 2.42. The molecule has 1 aromatic rings. The molecule has 0 radical (unpaired) electrons. The Hall–Kier alpha value is -1.31. The third-order valence-electron chi connectivity index (χ3n) is 4.10. The van der Waals surface area contributed by atoms with Crippen LogP contribution in [-0.4, -0.2) is 16.7 Å². The van der Waals surface area contributed by atoms with Gasteiger partial charge in [0.05, 0.1) is 0 Å². The first kappa shape index (κ1) is 16.1. The quantitative estimate of drug-likeness (QED) is 0.684. The van der Waals surface area contributed by atoms with Crippen LogP contribution in [0.3, 0.4) is 0 Å². The molecule has 1 aliphatic carbocycles. The lowest BCUT2D eigenvalue weighted by molar-refractivity contribution is -0.183. The average Bonchev–Trinajstić information content (AvgIpc) is 3.01. The zero-order valence-corrected chi connectivity index (χ0v) is 13.4. The predicted octanol–water partition coefficient (Wildman–Crippen LogP) is 3.47. The first-order valence-corrected chi connectivity index (χ1v) is 8.25. The van der Waals surface area contributed by atoms with Gasteiger partial charge in [-0.3, -0.25) is 0 Å². The molecule has 0 amide bonds. The number of hydrogen-bond donors (Lipinski definition) is 1. The largest absolute Gasteiger partial charge is 0.444 e. The van der Waals surface area contributed by atoms with E-state index in [0.717, 1.165) is 32.1 Å². The molecule has 2 rings (SSSR count). The van der Waals surface area contributed by atoms with Crippen LogP contribution in [0.15, 0.2) is 17.5 Å². The Morgan fingerprint density at radius 3 is 2.62 bits per heavy atom. The molecule has 21 heavy (non-hydrogen) atoms. The third kappa shape index (κ3) is 3.30. The molecule has 1 fully saturated rings. The number of rotatable bonds is 4. The fourth-order valence-corrected chi connectivity index (χ4v) is 3.71. The Kier molecular flexibility index (Phi) is 4.75. The molecule has 4 heteroatoms. The zero-order chi connectivity index (χ0) is 15.5. The highest BCUT2D eigenvalue weighted by Gasteiger charge is 2.49. The monoisotopic (exact) mass is 306 g/mol. The maximum atomic E-state index is 12.7. The van der Waals surface area contributed by atoms with E-state index in [4.69, 9.17) is 11.2 Å². The molecule has 1 saturated carbocycles. The Bertz CT molecular complexity index is 521. The van der Waals surface area contributed by atoms with Crippen molar-refractivity contribution in [3.05, 3.63) is 22.4 Å². The van der Waals surface area contributed by atoms with Gasteiger partial charge in [0.1, 0.15) is 0 Å². The topological polar surface area (TPSA) is 46.5 Å². The van der Waals surface area contributed by atoms with Crippen LogP contribution in [0.25, 0.3) is 0 Å². The van der Waals surface area contributed by atoms with Gasteiger partial charge in [-0.2, -0.15) is 0 Å². The normalized spacial score (nSPS) is 19.5. The molecule has 1 atom stereocenters. The molecule has 1 aliphatic rings. The molecule has 114 valence electrons. The summed E-state index contributed by atoms with van der Waals surface area (Å²) in [4.78, 5) is 13.3. The van der Waals surface area contributed by atoms with Gasteiger partial charge in [-0.1, -0.05) is 31.2 Å². The standard InChI is InChI=1S/C17H22O3S/c1-4-16(2,3)20-15(18)17(19,14-11-8-12-21-14)13-9-6-5-7-10-13/h1,8,11-13,19H,5-7,9-10H2,2-3H3. The summed E-state index contributed by atoms with van der Waals surface area (Å²) < 4.78 is 5.41. The van der Waals surface area contributed by atoms with Gasteiger partial charge in [0.2, 0.25) is 0 Å². The number of hydrogen-bond acceptors (Lipinski definition) is 4. The minimum atomic E-state index is -1.58.